The van der Waals surface area contributed by atoms with Crippen LogP contribution in [0.1, 0.15) is 59.8 Å². The first-order valence-corrected chi connectivity index (χ1v) is 8.56. The number of unbranched alkanes of at least 4 members (excludes halogenated alkanes) is 3. The Morgan fingerprint density at radius 3 is 2.04 bits per heavy atom. The highest BCUT2D eigenvalue weighted by Gasteiger charge is 2.38. The average Bonchev–Trinajstić information content (AvgIpc) is 2.42. The number of amides is 1. The van der Waals surface area contributed by atoms with Crippen LogP contribution in [-0.4, -0.2) is 41.8 Å². The van der Waals surface area contributed by atoms with E-state index < -0.39 is 12.1 Å². The van der Waals surface area contributed by atoms with Gasteiger partial charge in [0.1, 0.15) is 6.23 Å². The molecule has 8 heteroatoms. The first-order valence-electron chi connectivity index (χ1n) is 8.09. The highest BCUT2D eigenvalue weighted by Crippen LogP contribution is 2.20. The van der Waals surface area contributed by atoms with E-state index >= 15 is 0 Å². The molecule has 4 nitrogen and oxygen atoms in total. The summed E-state index contributed by atoms with van der Waals surface area (Å²) < 4.78 is 41.4. The zero-order valence-corrected chi connectivity index (χ0v) is 15.6. The number of halogens is 3. The lowest BCUT2D eigenvalue weighted by Gasteiger charge is -2.37. The molecule has 0 fully saturated rings. The topological polar surface area (TPSA) is 41.6 Å². The SMILES string of the molecule is CC(C)N(C(C)C)C(CCCCCCNC(=O)C(F)(F)F)OP. The minimum atomic E-state index is -4.79. The Hall–Kier alpha value is -0.390. The van der Waals surface area contributed by atoms with E-state index in [2.05, 4.69) is 42.1 Å². The standard InChI is InChI=1S/C15H30F3N2O2P/c1-11(2)20(12(3)4)13(22-23)9-7-5-6-8-10-19-14(21)15(16,17)18/h11-13H,5-10,23H2,1-4H3,(H,19,21). The largest absolute Gasteiger partial charge is 0.471 e. The Bertz CT molecular complexity index is 331. The summed E-state index contributed by atoms with van der Waals surface area (Å²) in [5, 5.41) is 1.88. The van der Waals surface area contributed by atoms with E-state index in [0.29, 0.717) is 18.5 Å². The Balaban J connectivity index is 3.91. The molecule has 0 bridgehead atoms. The van der Waals surface area contributed by atoms with Crippen molar-refractivity contribution in [3.63, 3.8) is 0 Å². The van der Waals surface area contributed by atoms with Crippen LogP contribution in [0.3, 0.4) is 0 Å². The molecule has 138 valence electrons. The van der Waals surface area contributed by atoms with Crippen molar-refractivity contribution in [2.24, 2.45) is 0 Å². The highest BCUT2D eigenvalue weighted by atomic mass is 31.0. The third kappa shape index (κ3) is 9.48. The van der Waals surface area contributed by atoms with Crippen LogP contribution in [-0.2, 0) is 9.32 Å². The van der Waals surface area contributed by atoms with Crippen molar-refractivity contribution in [1.29, 1.82) is 0 Å². The molecule has 1 amide bonds. The van der Waals surface area contributed by atoms with Gasteiger partial charge in [-0.1, -0.05) is 12.8 Å². The number of carbonyl (C=O) groups excluding carboxylic acids is 1. The number of alkyl halides is 3. The van der Waals surface area contributed by atoms with Gasteiger partial charge in [0.2, 0.25) is 0 Å². The van der Waals surface area contributed by atoms with E-state index in [4.69, 9.17) is 4.52 Å². The molecule has 0 aromatic rings. The molecule has 23 heavy (non-hydrogen) atoms. The van der Waals surface area contributed by atoms with Crippen LogP contribution in [0.15, 0.2) is 0 Å². The van der Waals surface area contributed by atoms with Crippen LogP contribution >= 0.6 is 9.47 Å². The minimum Gasteiger partial charge on any atom is -0.348 e. The van der Waals surface area contributed by atoms with E-state index in [-0.39, 0.29) is 12.8 Å². The summed E-state index contributed by atoms with van der Waals surface area (Å²) in [7, 11) is 2.32. The van der Waals surface area contributed by atoms with Gasteiger partial charge in [0.15, 0.2) is 0 Å². The fourth-order valence-electron chi connectivity index (χ4n) is 2.65. The van der Waals surface area contributed by atoms with Crippen molar-refractivity contribution < 1.29 is 22.5 Å². The molecule has 0 aromatic heterocycles. The van der Waals surface area contributed by atoms with Crippen molar-refractivity contribution in [2.75, 3.05) is 6.54 Å². The van der Waals surface area contributed by atoms with Gasteiger partial charge in [-0.15, -0.1) is 0 Å². The van der Waals surface area contributed by atoms with Crippen molar-refractivity contribution >= 4 is 15.4 Å². The second-order valence-corrected chi connectivity index (χ2v) is 6.45. The van der Waals surface area contributed by atoms with E-state index in [1.807, 2.05) is 5.32 Å². The van der Waals surface area contributed by atoms with Gasteiger partial charge in [-0.2, -0.15) is 13.2 Å². The molecular formula is C15H30F3N2O2P. The third-order valence-corrected chi connectivity index (χ3v) is 3.92. The molecular weight excluding hydrogens is 328 g/mol. The van der Waals surface area contributed by atoms with Crippen LogP contribution in [0.4, 0.5) is 13.2 Å². The number of carbonyl (C=O) groups is 1. The Labute approximate surface area is 139 Å². The summed E-state index contributed by atoms with van der Waals surface area (Å²) in [6, 6.07) is 0.747. The third-order valence-electron chi connectivity index (χ3n) is 3.60. The summed E-state index contributed by atoms with van der Waals surface area (Å²) in [6.07, 6.45) is -0.740. The molecule has 0 spiro atoms. The lowest BCUT2D eigenvalue weighted by Crippen LogP contribution is -2.45. The van der Waals surface area contributed by atoms with Crippen molar-refractivity contribution in [1.82, 2.24) is 10.2 Å². The summed E-state index contributed by atoms with van der Waals surface area (Å²) in [5.74, 6) is -1.86. The number of nitrogens with zero attached hydrogens (tertiary/aromatic N) is 1. The maximum absolute atomic E-state index is 12.0. The second kappa shape index (κ2) is 11.2. The van der Waals surface area contributed by atoms with Gasteiger partial charge in [0.05, 0.1) is 0 Å². The number of nitrogens with one attached hydrogen (secondary N) is 1. The molecule has 0 aliphatic carbocycles. The normalized spacial score (nSPS) is 13.9. The fourth-order valence-corrected chi connectivity index (χ4v) is 2.93. The number of hydrogen-bond donors (Lipinski definition) is 1. The predicted octanol–water partition coefficient (Wildman–Crippen LogP) is 3.87. The molecule has 0 radical (unpaired) electrons. The molecule has 0 aliphatic rings. The molecule has 0 heterocycles. The van der Waals surface area contributed by atoms with Gasteiger partial charge in [-0.25, -0.2) is 0 Å². The molecule has 0 rings (SSSR count). The summed E-state index contributed by atoms with van der Waals surface area (Å²) >= 11 is 0. The van der Waals surface area contributed by atoms with Gasteiger partial charge in [0, 0.05) is 28.1 Å². The summed E-state index contributed by atoms with van der Waals surface area (Å²) in [4.78, 5) is 12.9. The van der Waals surface area contributed by atoms with Gasteiger partial charge in [-0.05, 0) is 47.0 Å². The molecule has 0 saturated heterocycles. The highest BCUT2D eigenvalue weighted by molar-refractivity contribution is 7.09. The van der Waals surface area contributed by atoms with E-state index in [9.17, 15) is 18.0 Å². The van der Waals surface area contributed by atoms with Crippen LogP contribution in [0.5, 0.6) is 0 Å². The molecule has 1 N–H and O–H groups in total. The Kier molecular flexibility index (Phi) is 11.0. The van der Waals surface area contributed by atoms with Crippen LogP contribution in [0.25, 0.3) is 0 Å². The van der Waals surface area contributed by atoms with Gasteiger partial charge in [-0.3, -0.25) is 9.69 Å². The van der Waals surface area contributed by atoms with Crippen molar-refractivity contribution in [2.45, 2.75) is 84.3 Å². The first-order chi connectivity index (χ1) is 10.6. The summed E-state index contributed by atoms with van der Waals surface area (Å²) in [6.45, 7) is 8.56. The van der Waals surface area contributed by atoms with Crippen molar-refractivity contribution in [3.8, 4) is 0 Å². The monoisotopic (exact) mass is 358 g/mol. The number of rotatable bonds is 11. The quantitative estimate of drug-likeness (QED) is 0.346. The lowest BCUT2D eigenvalue weighted by molar-refractivity contribution is -0.173. The van der Waals surface area contributed by atoms with E-state index in [1.165, 1.54) is 0 Å². The molecule has 0 saturated carbocycles. The fraction of sp³-hybridized carbons (Fsp3) is 0.933. The molecule has 2 unspecified atom stereocenters. The maximum Gasteiger partial charge on any atom is 0.471 e. The average molecular weight is 358 g/mol. The van der Waals surface area contributed by atoms with Crippen LogP contribution in [0.2, 0.25) is 0 Å². The lowest BCUT2D eigenvalue weighted by atomic mass is 10.1. The maximum atomic E-state index is 12.0. The van der Waals surface area contributed by atoms with Gasteiger partial charge >= 0.3 is 12.1 Å². The summed E-state index contributed by atoms with van der Waals surface area (Å²) in [5.41, 5.74) is 0. The Morgan fingerprint density at radius 1 is 1.09 bits per heavy atom. The van der Waals surface area contributed by atoms with Gasteiger partial charge < -0.3 is 9.84 Å². The Morgan fingerprint density at radius 2 is 1.61 bits per heavy atom. The predicted molar refractivity (Wildman–Crippen MR) is 88.8 cm³/mol. The smallest absolute Gasteiger partial charge is 0.348 e. The van der Waals surface area contributed by atoms with E-state index in [0.717, 1.165) is 25.7 Å². The minimum absolute atomic E-state index is 0.0185. The van der Waals surface area contributed by atoms with Gasteiger partial charge in [0.25, 0.3) is 0 Å². The van der Waals surface area contributed by atoms with Crippen LogP contribution < -0.4 is 5.32 Å². The van der Waals surface area contributed by atoms with Crippen LogP contribution in [0, 0.1) is 0 Å². The molecule has 0 aromatic carbocycles. The first kappa shape index (κ1) is 22.6. The van der Waals surface area contributed by atoms with E-state index in [1.54, 1.807) is 0 Å². The molecule has 2 atom stereocenters. The molecule has 0 aliphatic heterocycles. The second-order valence-electron chi connectivity index (χ2n) is 6.18. The zero-order valence-electron chi connectivity index (χ0n) is 14.4. The van der Waals surface area contributed by atoms with Crippen molar-refractivity contribution in [3.05, 3.63) is 0 Å². The zero-order chi connectivity index (χ0) is 18.0. The number of hydrogen-bond acceptors (Lipinski definition) is 3.